The van der Waals surface area contributed by atoms with Crippen LogP contribution in [0.1, 0.15) is 70.8 Å². The number of hydrogen-bond donors (Lipinski definition) is 0. The van der Waals surface area contributed by atoms with Gasteiger partial charge in [0.2, 0.25) is 0 Å². The molecule has 2 aromatic carbocycles. The van der Waals surface area contributed by atoms with Crippen LogP contribution in [-0.4, -0.2) is 11.9 Å². The Bertz CT molecular complexity index is 1080. The zero-order valence-corrected chi connectivity index (χ0v) is 19.8. The van der Waals surface area contributed by atoms with Crippen molar-refractivity contribution in [2.45, 2.75) is 65.2 Å². The van der Waals surface area contributed by atoms with Crippen molar-refractivity contribution in [2.75, 3.05) is 0 Å². The van der Waals surface area contributed by atoms with Crippen LogP contribution in [0.4, 0.5) is 5.69 Å². The molecule has 0 bridgehead atoms. The standard InChI is InChI=1S/C28H30N2O4/c1-17-8-12-19(13-9-17)27(31)33-25-21-6-4-5-7-22(21)26(24(30-3)23(25)16-29)34-28(32)20-14-10-18(2)11-15-20/h4-7,17-20H,8-15H2,1-2H3. The lowest BCUT2D eigenvalue weighted by Crippen LogP contribution is -2.26. The van der Waals surface area contributed by atoms with Gasteiger partial charge in [-0.2, -0.15) is 5.26 Å². The Kier molecular flexibility index (Phi) is 7.17. The SMILES string of the molecule is [C-]#[N+]c1c(C#N)c(OC(=O)C2CCC(C)CC2)c2ccccc2c1OC(=O)C1CCC(C)CC1. The van der Waals surface area contributed by atoms with Gasteiger partial charge in [-0.15, -0.1) is 0 Å². The first-order chi connectivity index (χ1) is 16.4. The molecule has 0 amide bonds. The monoisotopic (exact) mass is 458 g/mol. The lowest BCUT2D eigenvalue weighted by Gasteiger charge is -2.26. The molecule has 4 rings (SSSR count). The van der Waals surface area contributed by atoms with E-state index < -0.39 is 0 Å². The fourth-order valence-electron chi connectivity index (χ4n) is 5.14. The van der Waals surface area contributed by atoms with Gasteiger partial charge in [-0.3, -0.25) is 9.59 Å². The first-order valence-corrected chi connectivity index (χ1v) is 12.2. The molecule has 0 N–H and O–H groups in total. The number of nitrogens with zero attached hydrogens (tertiary/aromatic N) is 2. The summed E-state index contributed by atoms with van der Waals surface area (Å²) in [5.74, 6) is 0.174. The first kappa shape index (κ1) is 23.8. The van der Waals surface area contributed by atoms with Crippen LogP contribution in [0.5, 0.6) is 11.5 Å². The molecule has 0 spiro atoms. The summed E-state index contributed by atoms with van der Waals surface area (Å²) in [5, 5.41) is 10.9. The molecule has 2 saturated carbocycles. The zero-order chi connectivity index (χ0) is 24.2. The molecule has 0 radical (unpaired) electrons. The van der Waals surface area contributed by atoms with Gasteiger partial charge in [0.25, 0.3) is 5.69 Å². The fourth-order valence-corrected chi connectivity index (χ4v) is 5.14. The molecule has 6 nitrogen and oxygen atoms in total. The number of esters is 2. The normalized spacial score (nSPS) is 24.6. The number of benzene rings is 2. The molecule has 0 heterocycles. The summed E-state index contributed by atoms with van der Waals surface area (Å²) >= 11 is 0. The third-order valence-corrected chi connectivity index (χ3v) is 7.42. The van der Waals surface area contributed by atoms with Gasteiger partial charge in [-0.05, 0) is 63.2 Å². The topological polar surface area (TPSA) is 80.8 Å². The molecule has 0 aromatic heterocycles. The second-order valence-corrected chi connectivity index (χ2v) is 9.91. The van der Waals surface area contributed by atoms with E-state index in [0.29, 0.717) is 22.6 Å². The molecule has 2 aliphatic carbocycles. The van der Waals surface area contributed by atoms with Gasteiger partial charge < -0.3 is 9.47 Å². The Morgan fingerprint density at radius 2 is 1.29 bits per heavy atom. The third kappa shape index (κ3) is 4.77. The smallest absolute Gasteiger partial charge is 0.314 e. The van der Waals surface area contributed by atoms with E-state index in [1.54, 1.807) is 24.3 Å². The summed E-state index contributed by atoms with van der Waals surface area (Å²) in [6, 6.07) is 9.05. The van der Waals surface area contributed by atoms with Crippen LogP contribution in [0, 0.1) is 41.6 Å². The highest BCUT2D eigenvalue weighted by Gasteiger charge is 2.31. The van der Waals surface area contributed by atoms with Gasteiger partial charge in [0.1, 0.15) is 17.1 Å². The predicted molar refractivity (Wildman–Crippen MR) is 128 cm³/mol. The Morgan fingerprint density at radius 1 is 0.853 bits per heavy atom. The number of ether oxygens (including phenoxy) is 2. The number of fused-ring (bicyclic) bond motifs is 1. The van der Waals surface area contributed by atoms with E-state index >= 15 is 0 Å². The highest BCUT2D eigenvalue weighted by Crippen LogP contribution is 2.47. The summed E-state index contributed by atoms with van der Waals surface area (Å²) < 4.78 is 11.6. The van der Waals surface area contributed by atoms with Crippen LogP contribution in [0.15, 0.2) is 24.3 Å². The minimum Gasteiger partial charge on any atom is -0.437 e. The van der Waals surface area contributed by atoms with Crippen LogP contribution in [-0.2, 0) is 9.59 Å². The summed E-state index contributed by atoms with van der Waals surface area (Å²) in [4.78, 5) is 29.5. The number of carbonyl (C=O) groups is 2. The second kappa shape index (κ2) is 10.3. The van der Waals surface area contributed by atoms with Crippen LogP contribution in [0.2, 0.25) is 0 Å². The lowest BCUT2D eigenvalue weighted by atomic mass is 9.83. The predicted octanol–water partition coefficient (Wildman–Crippen LogP) is 6.73. The molecule has 0 atom stereocenters. The van der Waals surface area contributed by atoms with Gasteiger partial charge in [0.15, 0.2) is 0 Å². The van der Waals surface area contributed by atoms with Gasteiger partial charge in [-0.1, -0.05) is 38.1 Å². The number of rotatable bonds is 4. The lowest BCUT2D eigenvalue weighted by molar-refractivity contribution is -0.141. The molecule has 2 aliphatic rings. The van der Waals surface area contributed by atoms with E-state index in [4.69, 9.17) is 16.0 Å². The Balaban J connectivity index is 1.71. The van der Waals surface area contributed by atoms with Crippen LogP contribution >= 0.6 is 0 Å². The molecule has 34 heavy (non-hydrogen) atoms. The van der Waals surface area contributed by atoms with Gasteiger partial charge in [-0.25, -0.2) is 4.85 Å². The van der Waals surface area contributed by atoms with Crippen LogP contribution < -0.4 is 9.47 Å². The van der Waals surface area contributed by atoms with Crippen LogP contribution in [0.25, 0.3) is 15.6 Å². The number of hydrogen-bond acceptors (Lipinski definition) is 5. The summed E-state index contributed by atoms with van der Waals surface area (Å²) in [7, 11) is 0. The molecule has 0 aliphatic heterocycles. The van der Waals surface area contributed by atoms with Gasteiger partial charge >= 0.3 is 11.9 Å². The Morgan fingerprint density at radius 3 is 1.74 bits per heavy atom. The minimum atomic E-state index is -0.370. The summed E-state index contributed by atoms with van der Waals surface area (Å²) in [6.07, 6.45) is 6.89. The Hall–Kier alpha value is -3.38. The quantitative estimate of drug-likeness (QED) is 0.288. The maximum Gasteiger partial charge on any atom is 0.314 e. The van der Waals surface area contributed by atoms with E-state index in [-0.39, 0.29) is 46.5 Å². The number of carbonyl (C=O) groups excluding carboxylic acids is 2. The van der Waals surface area contributed by atoms with E-state index in [0.717, 1.165) is 51.4 Å². The first-order valence-electron chi connectivity index (χ1n) is 12.2. The molecule has 0 saturated heterocycles. The van der Waals surface area contributed by atoms with Crippen molar-refractivity contribution in [2.24, 2.45) is 23.7 Å². The molecule has 6 heteroatoms. The van der Waals surface area contributed by atoms with Gasteiger partial charge in [0, 0.05) is 10.8 Å². The molecular weight excluding hydrogens is 428 g/mol. The summed E-state index contributed by atoms with van der Waals surface area (Å²) in [5.41, 5.74) is -0.148. The molecule has 176 valence electrons. The van der Waals surface area contributed by atoms with Crippen molar-refractivity contribution in [3.05, 3.63) is 41.2 Å². The molecule has 2 fully saturated rings. The van der Waals surface area contributed by atoms with Crippen molar-refractivity contribution in [3.8, 4) is 17.6 Å². The van der Waals surface area contributed by atoms with Crippen LogP contribution in [0.3, 0.4) is 0 Å². The highest BCUT2D eigenvalue weighted by atomic mass is 16.5. The average molecular weight is 459 g/mol. The maximum absolute atomic E-state index is 13.0. The molecular formula is C28H30N2O4. The number of nitriles is 1. The maximum atomic E-state index is 13.0. The zero-order valence-electron chi connectivity index (χ0n) is 19.8. The van der Waals surface area contributed by atoms with E-state index in [1.807, 2.05) is 6.07 Å². The van der Waals surface area contributed by atoms with Crippen molar-refractivity contribution in [3.63, 3.8) is 0 Å². The molecule has 0 unspecified atom stereocenters. The average Bonchev–Trinajstić information content (AvgIpc) is 2.85. The largest absolute Gasteiger partial charge is 0.437 e. The third-order valence-electron chi connectivity index (χ3n) is 7.42. The fraction of sp³-hybridized carbons (Fsp3) is 0.500. The van der Waals surface area contributed by atoms with Crippen molar-refractivity contribution >= 4 is 28.4 Å². The minimum absolute atomic E-state index is 0.0636. The van der Waals surface area contributed by atoms with E-state index in [2.05, 4.69) is 18.7 Å². The van der Waals surface area contributed by atoms with E-state index in [1.165, 1.54) is 0 Å². The van der Waals surface area contributed by atoms with E-state index in [9.17, 15) is 14.9 Å². The van der Waals surface area contributed by atoms with Crippen molar-refractivity contribution in [1.29, 1.82) is 5.26 Å². The van der Waals surface area contributed by atoms with Gasteiger partial charge in [0.05, 0.1) is 24.5 Å². The molecule has 2 aromatic rings. The highest BCUT2D eigenvalue weighted by molar-refractivity contribution is 6.04. The Labute approximate surface area is 200 Å². The van der Waals surface area contributed by atoms with Crippen molar-refractivity contribution in [1.82, 2.24) is 0 Å². The second-order valence-electron chi connectivity index (χ2n) is 9.91. The van der Waals surface area contributed by atoms with Crippen molar-refractivity contribution < 1.29 is 19.1 Å². The summed E-state index contributed by atoms with van der Waals surface area (Å²) in [6.45, 7) is 12.1.